The van der Waals surface area contributed by atoms with Crippen LogP contribution in [0.15, 0.2) is 36.7 Å². The summed E-state index contributed by atoms with van der Waals surface area (Å²) in [6, 6.07) is 7.45. The predicted octanol–water partition coefficient (Wildman–Crippen LogP) is 3.30. The Balaban J connectivity index is 2.23. The highest BCUT2D eigenvalue weighted by Gasteiger charge is 2.39. The molecule has 0 amide bonds. The highest BCUT2D eigenvalue weighted by atomic mass is 19.4. The first-order valence-corrected chi connectivity index (χ1v) is 6.08. The Bertz CT molecular complexity index is 564. The maximum absolute atomic E-state index is 12.3. The van der Waals surface area contributed by atoms with E-state index < -0.39 is 12.3 Å². The fraction of sp³-hybridized carbons (Fsp3) is 0.286. The summed E-state index contributed by atoms with van der Waals surface area (Å²) in [6.45, 7) is 2.03. The van der Waals surface area contributed by atoms with Gasteiger partial charge in [-0.15, -0.1) is 0 Å². The largest absolute Gasteiger partial charge is 0.418 e. The van der Waals surface area contributed by atoms with Crippen molar-refractivity contribution in [1.82, 2.24) is 9.97 Å². The maximum atomic E-state index is 12.3. The Morgan fingerprint density at radius 3 is 2.10 bits per heavy atom. The zero-order chi connectivity index (χ0) is 14.8. The Morgan fingerprint density at radius 2 is 1.65 bits per heavy atom. The number of halogens is 3. The van der Waals surface area contributed by atoms with Crippen molar-refractivity contribution >= 4 is 0 Å². The molecule has 0 aliphatic carbocycles. The number of aryl methyl sites for hydroxylation is 1. The highest BCUT2D eigenvalue weighted by molar-refractivity contribution is 5.55. The van der Waals surface area contributed by atoms with Crippen molar-refractivity contribution in [2.75, 3.05) is 0 Å². The van der Waals surface area contributed by atoms with Crippen LogP contribution in [0.4, 0.5) is 13.2 Å². The van der Waals surface area contributed by atoms with Crippen LogP contribution >= 0.6 is 0 Å². The van der Waals surface area contributed by atoms with E-state index in [0.717, 1.165) is 29.9 Å². The van der Waals surface area contributed by atoms with E-state index in [1.165, 1.54) is 0 Å². The van der Waals surface area contributed by atoms with Gasteiger partial charge in [-0.2, -0.15) is 13.2 Å². The summed E-state index contributed by atoms with van der Waals surface area (Å²) in [4.78, 5) is 7.74. The second kappa shape index (κ2) is 5.58. The molecule has 20 heavy (non-hydrogen) atoms. The summed E-state index contributed by atoms with van der Waals surface area (Å²) in [5.74, 6) is 0.325. The van der Waals surface area contributed by atoms with Crippen LogP contribution in [0.5, 0.6) is 0 Å². The molecule has 2 rings (SSSR count). The molecule has 0 saturated heterocycles. The van der Waals surface area contributed by atoms with Crippen LogP contribution in [0.3, 0.4) is 0 Å². The van der Waals surface area contributed by atoms with Gasteiger partial charge in [-0.1, -0.05) is 31.2 Å². The third-order valence-electron chi connectivity index (χ3n) is 2.92. The molecule has 0 fully saturated rings. The quantitative estimate of drug-likeness (QED) is 0.939. The summed E-state index contributed by atoms with van der Waals surface area (Å²) >= 11 is 0. The van der Waals surface area contributed by atoms with E-state index in [0.29, 0.717) is 5.82 Å². The van der Waals surface area contributed by atoms with Crippen molar-refractivity contribution in [3.63, 3.8) is 0 Å². The molecule has 1 heterocycles. The Morgan fingerprint density at radius 1 is 1.10 bits per heavy atom. The van der Waals surface area contributed by atoms with Crippen molar-refractivity contribution in [2.24, 2.45) is 0 Å². The second-order valence-electron chi connectivity index (χ2n) is 4.33. The normalized spacial score (nSPS) is 13.2. The van der Waals surface area contributed by atoms with Gasteiger partial charge in [-0.05, 0) is 12.0 Å². The number of hydrogen-bond acceptors (Lipinski definition) is 3. The minimum absolute atomic E-state index is 0.325. The van der Waals surface area contributed by atoms with E-state index >= 15 is 0 Å². The van der Waals surface area contributed by atoms with Gasteiger partial charge in [0.1, 0.15) is 0 Å². The van der Waals surface area contributed by atoms with Gasteiger partial charge in [0.25, 0.3) is 0 Å². The number of benzene rings is 1. The number of hydrogen-bond donors (Lipinski definition) is 1. The molecule has 0 spiro atoms. The van der Waals surface area contributed by atoms with Crippen molar-refractivity contribution in [2.45, 2.75) is 25.6 Å². The standard InChI is InChI=1S/C14H13F3N2O/c1-2-9-3-5-10(6-4-9)13-18-7-11(8-19-13)12(20)14(15,16)17/h3-8,12,20H,2H2,1H3. The van der Waals surface area contributed by atoms with E-state index in [4.69, 9.17) is 5.11 Å². The van der Waals surface area contributed by atoms with Crippen LogP contribution in [-0.4, -0.2) is 21.3 Å². The van der Waals surface area contributed by atoms with Crippen molar-refractivity contribution in [1.29, 1.82) is 0 Å². The van der Waals surface area contributed by atoms with Crippen LogP contribution in [0.25, 0.3) is 11.4 Å². The molecule has 0 aliphatic rings. The lowest BCUT2D eigenvalue weighted by Gasteiger charge is -2.14. The molecule has 1 atom stereocenters. The van der Waals surface area contributed by atoms with E-state index in [2.05, 4.69) is 9.97 Å². The number of nitrogens with zero attached hydrogens (tertiary/aromatic N) is 2. The van der Waals surface area contributed by atoms with Crippen molar-refractivity contribution < 1.29 is 18.3 Å². The van der Waals surface area contributed by atoms with E-state index in [1.54, 1.807) is 0 Å². The molecule has 0 saturated carbocycles. The molecule has 6 heteroatoms. The molecular weight excluding hydrogens is 269 g/mol. The van der Waals surface area contributed by atoms with Gasteiger partial charge >= 0.3 is 6.18 Å². The number of alkyl halides is 3. The van der Waals surface area contributed by atoms with Crippen molar-refractivity contribution in [3.8, 4) is 11.4 Å². The number of aromatic nitrogens is 2. The summed E-state index contributed by atoms with van der Waals surface area (Å²) in [5.41, 5.74) is 1.50. The zero-order valence-electron chi connectivity index (χ0n) is 10.7. The van der Waals surface area contributed by atoms with Gasteiger partial charge in [-0.25, -0.2) is 9.97 Å². The van der Waals surface area contributed by atoms with Gasteiger partial charge in [0, 0.05) is 23.5 Å². The Kier molecular flexibility index (Phi) is 4.04. The van der Waals surface area contributed by atoms with Crippen LogP contribution in [0.1, 0.15) is 24.2 Å². The van der Waals surface area contributed by atoms with Crippen LogP contribution in [0, 0.1) is 0 Å². The maximum Gasteiger partial charge on any atom is 0.418 e. The lowest BCUT2D eigenvalue weighted by molar-refractivity contribution is -0.206. The lowest BCUT2D eigenvalue weighted by atomic mass is 10.1. The first kappa shape index (κ1) is 14.5. The Hall–Kier alpha value is -1.95. The van der Waals surface area contributed by atoms with Gasteiger partial charge in [0.2, 0.25) is 0 Å². The van der Waals surface area contributed by atoms with E-state index in [-0.39, 0.29) is 5.56 Å². The fourth-order valence-corrected chi connectivity index (χ4v) is 1.71. The molecule has 1 N–H and O–H groups in total. The number of aliphatic hydroxyl groups is 1. The van der Waals surface area contributed by atoms with Crippen molar-refractivity contribution in [3.05, 3.63) is 47.8 Å². The second-order valence-corrected chi connectivity index (χ2v) is 4.33. The first-order chi connectivity index (χ1) is 9.41. The van der Waals surface area contributed by atoms with Gasteiger partial charge < -0.3 is 5.11 Å². The molecule has 0 radical (unpaired) electrons. The van der Waals surface area contributed by atoms with Crippen LogP contribution in [-0.2, 0) is 6.42 Å². The molecule has 0 bridgehead atoms. The summed E-state index contributed by atoms with van der Waals surface area (Å²) in [6.07, 6.45) is -4.38. The molecule has 2 aromatic rings. The first-order valence-electron chi connectivity index (χ1n) is 6.08. The number of rotatable bonds is 3. The monoisotopic (exact) mass is 282 g/mol. The van der Waals surface area contributed by atoms with E-state index in [9.17, 15) is 13.2 Å². The minimum atomic E-state index is -4.71. The third kappa shape index (κ3) is 3.14. The van der Waals surface area contributed by atoms with Gasteiger partial charge in [0.15, 0.2) is 11.9 Å². The fourth-order valence-electron chi connectivity index (χ4n) is 1.71. The van der Waals surface area contributed by atoms with Crippen LogP contribution in [0.2, 0.25) is 0 Å². The molecule has 1 unspecified atom stereocenters. The smallest absolute Gasteiger partial charge is 0.379 e. The third-order valence-corrected chi connectivity index (χ3v) is 2.92. The van der Waals surface area contributed by atoms with Gasteiger partial charge in [0.05, 0.1) is 0 Å². The minimum Gasteiger partial charge on any atom is -0.379 e. The molecule has 0 aliphatic heterocycles. The summed E-state index contributed by atoms with van der Waals surface area (Å²) < 4.78 is 37.0. The topological polar surface area (TPSA) is 46.0 Å². The average molecular weight is 282 g/mol. The molecular formula is C14H13F3N2O. The summed E-state index contributed by atoms with van der Waals surface area (Å²) in [5, 5.41) is 9.08. The predicted molar refractivity (Wildman–Crippen MR) is 67.9 cm³/mol. The molecule has 1 aromatic carbocycles. The van der Waals surface area contributed by atoms with Crippen LogP contribution < -0.4 is 0 Å². The zero-order valence-corrected chi connectivity index (χ0v) is 10.7. The highest BCUT2D eigenvalue weighted by Crippen LogP contribution is 2.31. The average Bonchev–Trinajstić information content (AvgIpc) is 2.46. The molecule has 3 nitrogen and oxygen atoms in total. The van der Waals surface area contributed by atoms with Gasteiger partial charge in [-0.3, -0.25) is 0 Å². The molecule has 106 valence electrons. The van der Waals surface area contributed by atoms with E-state index in [1.807, 2.05) is 31.2 Å². The summed E-state index contributed by atoms with van der Waals surface area (Å²) in [7, 11) is 0. The number of aliphatic hydroxyl groups excluding tert-OH is 1. The molecule has 1 aromatic heterocycles. The lowest BCUT2D eigenvalue weighted by Crippen LogP contribution is -2.20. The SMILES string of the molecule is CCc1ccc(-c2ncc(C(O)C(F)(F)F)cn2)cc1. The Labute approximate surface area is 114 Å².